The van der Waals surface area contributed by atoms with Gasteiger partial charge in [0.1, 0.15) is 5.70 Å². The van der Waals surface area contributed by atoms with Crippen molar-refractivity contribution >= 4 is 21.8 Å². The highest BCUT2D eigenvalue weighted by molar-refractivity contribution is 7.88. The summed E-state index contributed by atoms with van der Waals surface area (Å²) in [4.78, 5) is 13.2. The Kier molecular flexibility index (Phi) is 4.80. The molecule has 1 N–H and O–H groups in total. The van der Waals surface area contributed by atoms with E-state index in [0.29, 0.717) is 18.7 Å². The third-order valence-corrected chi connectivity index (χ3v) is 9.19. The lowest BCUT2D eigenvalue weighted by Gasteiger charge is -2.56. The van der Waals surface area contributed by atoms with E-state index in [-0.39, 0.29) is 22.7 Å². The molecule has 0 aromatic carbocycles. The van der Waals surface area contributed by atoms with Gasteiger partial charge in [0.25, 0.3) is 5.91 Å². The molecule has 5 aliphatic rings. The molecule has 1 aromatic heterocycles. The van der Waals surface area contributed by atoms with Crippen molar-refractivity contribution in [1.82, 2.24) is 19.4 Å². The summed E-state index contributed by atoms with van der Waals surface area (Å²) < 4.78 is 32.1. The highest BCUT2D eigenvalue weighted by atomic mass is 32.2. The Morgan fingerprint density at radius 2 is 1.81 bits per heavy atom. The first-order valence-corrected chi connectivity index (χ1v) is 12.7. The van der Waals surface area contributed by atoms with Gasteiger partial charge in [-0.2, -0.15) is 13.5 Å². The Bertz CT molecular complexity index is 1050. The van der Waals surface area contributed by atoms with Crippen LogP contribution in [0, 0.1) is 30.1 Å². The van der Waals surface area contributed by atoms with Crippen LogP contribution in [0.25, 0.3) is 0 Å². The molecular weight excluding hydrogens is 414 g/mol. The standard InChI is InChI=1S/C22H31N5O3S/c1-4-27-14(2)18(12-24-27)19-8-20(26(3)31(29,30)25-19)21(28)23-13-22-9-15-5-16(10-22)7-17(6-15)11-22/h8,12,15-17H,4-7,9-11,13H2,1-3H3,(H,23,28). The zero-order valence-corrected chi connectivity index (χ0v) is 19.3. The number of rotatable bonds is 5. The van der Waals surface area contributed by atoms with Crippen LogP contribution in [0.4, 0.5) is 0 Å². The molecule has 4 aliphatic carbocycles. The largest absolute Gasteiger partial charge is 0.350 e. The van der Waals surface area contributed by atoms with Gasteiger partial charge in [0.15, 0.2) is 0 Å². The number of nitrogens with zero attached hydrogens (tertiary/aromatic N) is 4. The van der Waals surface area contributed by atoms with Gasteiger partial charge >= 0.3 is 10.2 Å². The van der Waals surface area contributed by atoms with Gasteiger partial charge in [-0.25, -0.2) is 4.31 Å². The van der Waals surface area contributed by atoms with Crippen LogP contribution in [0.2, 0.25) is 0 Å². The number of nitrogens with one attached hydrogen (secondary N) is 1. The summed E-state index contributed by atoms with van der Waals surface area (Å²) in [6, 6.07) is 0. The van der Waals surface area contributed by atoms with Crippen molar-refractivity contribution in [2.45, 2.75) is 58.9 Å². The third kappa shape index (κ3) is 3.50. The number of aryl methyl sites for hydroxylation is 1. The Hall–Kier alpha value is -2.16. The number of carbonyl (C=O) groups is 1. The van der Waals surface area contributed by atoms with Crippen LogP contribution in [0.1, 0.15) is 56.7 Å². The van der Waals surface area contributed by atoms with Crippen molar-refractivity contribution in [3.05, 3.63) is 29.2 Å². The van der Waals surface area contributed by atoms with Gasteiger partial charge in [0.05, 0.1) is 11.9 Å². The maximum absolute atomic E-state index is 13.2. The molecule has 1 aliphatic heterocycles. The third-order valence-electron chi connectivity index (χ3n) is 7.87. The van der Waals surface area contributed by atoms with E-state index in [0.717, 1.165) is 27.8 Å². The number of aromatic nitrogens is 2. The number of hydrogen-bond acceptors (Lipinski definition) is 4. The summed E-state index contributed by atoms with van der Waals surface area (Å²) in [5.41, 5.74) is 2.01. The predicted molar refractivity (Wildman–Crippen MR) is 118 cm³/mol. The Morgan fingerprint density at radius 3 is 2.35 bits per heavy atom. The van der Waals surface area contributed by atoms with Crippen molar-refractivity contribution in [2.75, 3.05) is 13.6 Å². The smallest absolute Gasteiger partial charge is 0.345 e. The van der Waals surface area contributed by atoms with Gasteiger partial charge in [0, 0.05) is 31.4 Å². The molecule has 1 amide bonds. The van der Waals surface area contributed by atoms with Crippen molar-refractivity contribution in [3.63, 3.8) is 0 Å². The van der Waals surface area contributed by atoms with Crippen LogP contribution in [0.3, 0.4) is 0 Å². The summed E-state index contributed by atoms with van der Waals surface area (Å²) in [5.74, 6) is 2.06. The zero-order valence-electron chi connectivity index (χ0n) is 18.5. The van der Waals surface area contributed by atoms with Crippen LogP contribution in [0.5, 0.6) is 0 Å². The highest BCUT2D eigenvalue weighted by Crippen LogP contribution is 2.59. The van der Waals surface area contributed by atoms with Gasteiger partial charge in [-0.05, 0) is 81.6 Å². The summed E-state index contributed by atoms with van der Waals surface area (Å²) >= 11 is 0. The van der Waals surface area contributed by atoms with Crippen LogP contribution >= 0.6 is 0 Å². The minimum absolute atomic E-state index is 0.110. The van der Waals surface area contributed by atoms with Gasteiger partial charge in [0.2, 0.25) is 0 Å². The normalized spacial score (nSPS) is 33.3. The average molecular weight is 446 g/mol. The molecule has 1 aromatic rings. The van der Waals surface area contributed by atoms with Crippen molar-refractivity contribution in [2.24, 2.45) is 27.6 Å². The van der Waals surface area contributed by atoms with E-state index in [9.17, 15) is 13.2 Å². The van der Waals surface area contributed by atoms with Crippen LogP contribution in [-0.4, -0.2) is 47.7 Å². The lowest BCUT2D eigenvalue weighted by atomic mass is 9.49. The van der Waals surface area contributed by atoms with Crippen LogP contribution in [-0.2, 0) is 21.5 Å². The minimum atomic E-state index is -3.98. The van der Waals surface area contributed by atoms with Crippen LogP contribution < -0.4 is 5.32 Å². The van der Waals surface area contributed by atoms with E-state index in [4.69, 9.17) is 0 Å². The molecule has 0 saturated heterocycles. The van der Waals surface area contributed by atoms with E-state index in [1.54, 1.807) is 17.0 Å². The molecule has 4 fully saturated rings. The summed E-state index contributed by atoms with van der Waals surface area (Å²) in [7, 11) is -2.59. The molecule has 0 atom stereocenters. The lowest BCUT2D eigenvalue weighted by Crippen LogP contribution is -2.52. The van der Waals surface area contributed by atoms with E-state index in [1.165, 1.54) is 45.6 Å². The first-order valence-electron chi connectivity index (χ1n) is 11.3. The molecule has 0 radical (unpaired) electrons. The predicted octanol–water partition coefficient (Wildman–Crippen LogP) is 2.41. The van der Waals surface area contributed by atoms with Crippen molar-refractivity contribution in [3.8, 4) is 0 Å². The first kappa shape index (κ1) is 20.7. The SMILES string of the molecule is CCn1ncc(C2=NS(=O)(=O)N(C)C(C(=O)NCC34CC5CC(CC(C5)C3)C4)=C2)c1C. The molecule has 6 rings (SSSR count). The molecule has 9 heteroatoms. The van der Waals surface area contributed by atoms with E-state index in [1.807, 2.05) is 13.8 Å². The van der Waals surface area contributed by atoms with E-state index >= 15 is 0 Å². The minimum Gasteiger partial charge on any atom is -0.350 e. The second-order valence-electron chi connectivity index (χ2n) is 10.0. The quantitative estimate of drug-likeness (QED) is 0.753. The maximum Gasteiger partial charge on any atom is 0.345 e. The van der Waals surface area contributed by atoms with Crippen molar-refractivity contribution in [1.29, 1.82) is 0 Å². The summed E-state index contributed by atoms with van der Waals surface area (Å²) in [6.45, 7) is 5.14. The highest BCUT2D eigenvalue weighted by Gasteiger charge is 2.50. The fraction of sp³-hybridized carbons (Fsp3) is 0.682. The fourth-order valence-corrected chi connectivity index (χ4v) is 7.68. The Morgan fingerprint density at radius 1 is 1.19 bits per heavy atom. The summed E-state index contributed by atoms with van der Waals surface area (Å²) in [5, 5.41) is 7.38. The second kappa shape index (κ2) is 7.18. The first-order chi connectivity index (χ1) is 14.7. The molecule has 0 unspecified atom stereocenters. The molecule has 4 bridgehead atoms. The number of amides is 1. The number of carbonyl (C=O) groups excluding carboxylic acids is 1. The number of allylic oxidation sites excluding steroid dienone is 1. The van der Waals surface area contributed by atoms with Crippen LogP contribution in [0.15, 0.2) is 22.4 Å². The molecule has 0 spiro atoms. The van der Waals surface area contributed by atoms with Crippen molar-refractivity contribution < 1.29 is 13.2 Å². The Labute approximate surface area is 184 Å². The monoisotopic (exact) mass is 445 g/mol. The molecule has 2 heterocycles. The summed E-state index contributed by atoms with van der Waals surface area (Å²) in [6.07, 6.45) is 10.8. The zero-order chi connectivity index (χ0) is 22.0. The van der Waals surface area contributed by atoms with E-state index in [2.05, 4.69) is 14.8 Å². The maximum atomic E-state index is 13.2. The second-order valence-corrected chi connectivity index (χ2v) is 11.6. The molecular formula is C22H31N5O3S. The average Bonchev–Trinajstić information content (AvgIpc) is 3.07. The molecule has 4 saturated carbocycles. The van der Waals surface area contributed by atoms with Gasteiger partial charge in [-0.3, -0.25) is 9.48 Å². The number of hydrogen-bond donors (Lipinski definition) is 1. The topological polar surface area (TPSA) is 96.7 Å². The molecule has 168 valence electrons. The molecule has 8 nitrogen and oxygen atoms in total. The molecule has 31 heavy (non-hydrogen) atoms. The van der Waals surface area contributed by atoms with Gasteiger partial charge in [-0.1, -0.05) is 0 Å². The van der Waals surface area contributed by atoms with E-state index < -0.39 is 10.2 Å². The van der Waals surface area contributed by atoms with Gasteiger partial charge in [-0.15, -0.1) is 4.40 Å². The Balaban J connectivity index is 1.38. The number of likely N-dealkylation sites (N-methyl/N-ethyl adjacent to an activating group) is 1. The lowest BCUT2D eigenvalue weighted by molar-refractivity contribution is -0.120. The van der Waals surface area contributed by atoms with Gasteiger partial charge < -0.3 is 5.32 Å². The fourth-order valence-electron chi connectivity index (χ4n) is 6.77.